The zero-order valence-corrected chi connectivity index (χ0v) is 26.0. The van der Waals surface area contributed by atoms with Crippen molar-refractivity contribution >= 4 is 55.7 Å². The molecule has 0 aliphatic rings. The van der Waals surface area contributed by atoms with Crippen molar-refractivity contribution in [1.82, 2.24) is 0 Å². The zero-order chi connectivity index (χ0) is 28.9. The largest absolute Gasteiger partial charge is 0.408 e. The van der Waals surface area contributed by atoms with Gasteiger partial charge in [-0.25, -0.2) is 9.13 Å². The molecule has 0 atom stereocenters. The van der Waals surface area contributed by atoms with E-state index in [0.29, 0.717) is 13.2 Å². The number of hydrogen-bond donors (Lipinski definition) is 0. The summed E-state index contributed by atoms with van der Waals surface area (Å²) in [5.41, 5.74) is 4.01. The van der Waals surface area contributed by atoms with E-state index in [-0.39, 0.29) is 14.9 Å². The number of hydrogen-bond acceptors (Lipinski definition) is 9. The van der Waals surface area contributed by atoms with Crippen LogP contribution in [0.5, 0.6) is 0 Å². The SMILES string of the molecule is C.C.CCN(CCOCCN(CC)c1ccc(N=Nc2scc[n+]2CC)cc1)c1ccc(N=Nc2scc[n+]2CC)cc1. The van der Waals surface area contributed by atoms with Gasteiger partial charge in [0.15, 0.2) is 0 Å². The predicted molar refractivity (Wildman–Crippen MR) is 182 cm³/mol. The first-order valence-electron chi connectivity index (χ1n) is 14.2. The molecule has 0 saturated carbocycles. The number of benzene rings is 2. The standard InChI is InChI=1S/C30H40N8OS2.2CH4/c1-5-35(27-13-9-25(10-14-27)31-33-29-37(7-3)19-23-40-29)17-21-39-22-18-36(6-2)28-15-11-26(12-16-28)32-34-30-38(8-4)20-24-41-30;;/h9-16,19-20,23-24H,5-8,17-18,21-22H2,1-4H3;2*1H4/q+2;;. The number of nitrogens with zero attached hydrogens (tertiary/aromatic N) is 8. The minimum absolute atomic E-state index is 0. The van der Waals surface area contributed by atoms with E-state index in [1.807, 2.05) is 47.4 Å². The van der Waals surface area contributed by atoms with Gasteiger partial charge in [-0.15, -0.1) is 0 Å². The number of rotatable bonds is 16. The smallest absolute Gasteiger partial charge is 0.378 e. The Morgan fingerprint density at radius 1 is 0.605 bits per heavy atom. The summed E-state index contributed by atoms with van der Waals surface area (Å²) >= 11 is 3.18. The summed E-state index contributed by atoms with van der Waals surface area (Å²) in [4.78, 5) is 4.63. The van der Waals surface area contributed by atoms with Gasteiger partial charge in [0.1, 0.15) is 23.8 Å². The Labute approximate surface area is 265 Å². The highest BCUT2D eigenvalue weighted by Gasteiger charge is 2.12. The Kier molecular flexibility index (Phi) is 15.7. The predicted octanol–water partition coefficient (Wildman–Crippen LogP) is 8.90. The quantitative estimate of drug-likeness (QED) is 0.0710. The molecule has 0 saturated heterocycles. The molecule has 0 amide bonds. The molecule has 43 heavy (non-hydrogen) atoms. The molecule has 0 aliphatic heterocycles. The van der Waals surface area contributed by atoms with Gasteiger partial charge >= 0.3 is 10.3 Å². The first kappa shape index (κ1) is 35.7. The lowest BCUT2D eigenvalue weighted by atomic mass is 10.2. The Bertz CT molecular complexity index is 1280. The molecule has 2 aromatic carbocycles. The summed E-state index contributed by atoms with van der Waals surface area (Å²) in [7, 11) is 0. The first-order chi connectivity index (χ1) is 20.1. The third-order valence-electron chi connectivity index (χ3n) is 6.71. The van der Waals surface area contributed by atoms with Crippen LogP contribution in [0.4, 0.5) is 33.0 Å². The van der Waals surface area contributed by atoms with Crippen molar-refractivity contribution < 1.29 is 13.9 Å². The minimum atomic E-state index is 0. The summed E-state index contributed by atoms with van der Waals surface area (Å²) in [5.74, 6) is 0. The van der Waals surface area contributed by atoms with Crippen LogP contribution in [0.15, 0.2) is 92.1 Å². The van der Waals surface area contributed by atoms with E-state index in [2.05, 4.69) is 91.4 Å². The Morgan fingerprint density at radius 3 is 1.35 bits per heavy atom. The number of anilines is 2. The molecule has 0 radical (unpaired) electrons. The molecular formula is C32H48N8OS2+2. The molecular weight excluding hydrogens is 577 g/mol. The molecule has 9 nitrogen and oxygen atoms in total. The molecule has 0 unspecified atom stereocenters. The Morgan fingerprint density at radius 2 is 1.00 bits per heavy atom. The van der Waals surface area contributed by atoms with E-state index in [9.17, 15) is 0 Å². The van der Waals surface area contributed by atoms with Crippen LogP contribution in [-0.4, -0.2) is 39.4 Å². The molecule has 4 rings (SSSR count). The van der Waals surface area contributed by atoms with Crippen molar-refractivity contribution in [2.24, 2.45) is 20.5 Å². The van der Waals surface area contributed by atoms with Crippen molar-refractivity contribution in [3.8, 4) is 0 Å². The van der Waals surface area contributed by atoms with Gasteiger partial charge in [-0.3, -0.25) is 0 Å². The molecule has 232 valence electrons. The highest BCUT2D eigenvalue weighted by molar-refractivity contribution is 7.13. The highest BCUT2D eigenvalue weighted by atomic mass is 32.1. The number of aryl methyl sites for hydroxylation is 2. The highest BCUT2D eigenvalue weighted by Crippen LogP contribution is 2.24. The second kappa shape index (κ2) is 18.9. The van der Waals surface area contributed by atoms with Crippen LogP contribution in [0.3, 0.4) is 0 Å². The number of azo groups is 2. The lowest BCUT2D eigenvalue weighted by Gasteiger charge is -2.25. The van der Waals surface area contributed by atoms with E-state index in [0.717, 1.165) is 72.3 Å². The van der Waals surface area contributed by atoms with Crippen LogP contribution in [0.25, 0.3) is 0 Å². The van der Waals surface area contributed by atoms with Crippen LogP contribution in [-0.2, 0) is 17.8 Å². The zero-order valence-electron chi connectivity index (χ0n) is 24.4. The maximum Gasteiger partial charge on any atom is 0.408 e. The number of thiazole rings is 2. The third kappa shape index (κ3) is 10.3. The van der Waals surface area contributed by atoms with Crippen LogP contribution >= 0.6 is 22.7 Å². The molecule has 0 aliphatic carbocycles. The molecule has 0 fully saturated rings. The molecule has 0 N–H and O–H groups in total. The summed E-state index contributed by atoms with van der Waals surface area (Å²) in [6.45, 7) is 15.1. The average molecular weight is 625 g/mol. The fourth-order valence-corrected chi connectivity index (χ4v) is 5.77. The number of ether oxygens (including phenoxy) is 1. The van der Waals surface area contributed by atoms with Gasteiger partial charge in [0.05, 0.1) is 36.5 Å². The van der Waals surface area contributed by atoms with E-state index in [1.54, 1.807) is 22.7 Å². The van der Waals surface area contributed by atoms with Crippen LogP contribution in [0, 0.1) is 0 Å². The lowest BCUT2D eigenvalue weighted by molar-refractivity contribution is -0.677. The Hall–Kier alpha value is -3.54. The second-order valence-corrected chi connectivity index (χ2v) is 10.9. The number of likely N-dealkylation sites (N-methyl/N-ethyl adjacent to an activating group) is 2. The first-order valence-corrected chi connectivity index (χ1v) is 16.0. The van der Waals surface area contributed by atoms with Crippen molar-refractivity contribution in [2.75, 3.05) is 49.2 Å². The lowest BCUT2D eigenvalue weighted by Crippen LogP contribution is -2.30. The monoisotopic (exact) mass is 624 g/mol. The summed E-state index contributed by atoms with van der Waals surface area (Å²) in [6, 6.07) is 16.5. The van der Waals surface area contributed by atoms with E-state index < -0.39 is 0 Å². The second-order valence-electron chi connectivity index (χ2n) is 9.15. The topological polar surface area (TPSA) is 72.9 Å². The van der Waals surface area contributed by atoms with Crippen LogP contribution in [0.2, 0.25) is 0 Å². The summed E-state index contributed by atoms with van der Waals surface area (Å²) in [6.07, 6.45) is 4.06. The van der Waals surface area contributed by atoms with Gasteiger partial charge in [-0.2, -0.15) is 0 Å². The van der Waals surface area contributed by atoms with Gasteiger partial charge in [0.2, 0.25) is 0 Å². The van der Waals surface area contributed by atoms with E-state index in [4.69, 9.17) is 4.74 Å². The van der Waals surface area contributed by atoms with Crippen molar-refractivity contribution in [1.29, 1.82) is 0 Å². The van der Waals surface area contributed by atoms with Crippen molar-refractivity contribution in [3.63, 3.8) is 0 Å². The summed E-state index contributed by atoms with van der Waals surface area (Å²) in [5, 5.41) is 23.5. The van der Waals surface area contributed by atoms with Gasteiger partial charge in [0, 0.05) is 48.3 Å². The fourth-order valence-electron chi connectivity index (χ4n) is 4.29. The maximum atomic E-state index is 6.04. The van der Waals surface area contributed by atoms with Gasteiger partial charge in [-0.05, 0) is 109 Å². The van der Waals surface area contributed by atoms with Gasteiger partial charge < -0.3 is 14.5 Å². The molecule has 11 heteroatoms. The number of aromatic nitrogens is 2. The molecule has 2 heterocycles. The van der Waals surface area contributed by atoms with Gasteiger partial charge in [-0.1, -0.05) is 14.9 Å². The third-order valence-corrected chi connectivity index (χ3v) is 8.28. The van der Waals surface area contributed by atoms with Crippen LogP contribution < -0.4 is 18.9 Å². The van der Waals surface area contributed by atoms with Crippen molar-refractivity contribution in [3.05, 3.63) is 71.7 Å². The van der Waals surface area contributed by atoms with Gasteiger partial charge in [0.25, 0.3) is 0 Å². The van der Waals surface area contributed by atoms with Crippen molar-refractivity contribution in [2.45, 2.75) is 55.6 Å². The summed E-state index contributed by atoms with van der Waals surface area (Å²) < 4.78 is 10.2. The fraction of sp³-hybridized carbons (Fsp3) is 0.438. The maximum absolute atomic E-state index is 6.04. The molecule has 4 aromatic rings. The van der Waals surface area contributed by atoms with E-state index in [1.165, 1.54) is 0 Å². The average Bonchev–Trinajstić information content (AvgIpc) is 3.68. The molecule has 0 spiro atoms. The Balaban J connectivity index is 0.00000323. The normalized spacial score (nSPS) is 11.1. The van der Waals surface area contributed by atoms with Crippen LogP contribution in [0.1, 0.15) is 42.5 Å². The minimum Gasteiger partial charge on any atom is -0.378 e. The molecule has 0 bridgehead atoms. The molecule has 2 aromatic heterocycles. The van der Waals surface area contributed by atoms with E-state index >= 15 is 0 Å².